The Bertz CT molecular complexity index is 687. The Kier molecular flexibility index (Phi) is 34.1. The molecule has 0 radical (unpaired) electrons. The van der Waals surface area contributed by atoms with Crippen molar-refractivity contribution >= 4 is 0 Å². The number of aromatic nitrogens is 2. The van der Waals surface area contributed by atoms with Crippen molar-refractivity contribution in [2.24, 2.45) is 0 Å². The van der Waals surface area contributed by atoms with Crippen LogP contribution in [0.1, 0.15) is 263 Å². The molecule has 0 aliphatic heterocycles. The molecule has 0 amide bonds. The zero-order chi connectivity index (χ0) is 33.7. The molecule has 47 heavy (non-hydrogen) atoms. The van der Waals surface area contributed by atoms with Gasteiger partial charge in [0.2, 0.25) is 0 Å². The largest absolute Gasteiger partial charge is 0.238 e. The first-order valence-corrected chi connectivity index (χ1v) is 22.2. The van der Waals surface area contributed by atoms with Crippen molar-refractivity contribution in [1.82, 2.24) is 9.97 Å². The smallest absolute Gasteiger partial charge is 0.128 e. The topological polar surface area (TPSA) is 25.8 Å². The van der Waals surface area contributed by atoms with Gasteiger partial charge in [-0.2, -0.15) is 0 Å². The number of nitrogens with zero attached hydrogens (tertiary/aromatic N) is 2. The number of aryl methyl sites for hydroxylation is 3. The minimum absolute atomic E-state index is 1.03. The highest BCUT2D eigenvalue weighted by molar-refractivity contribution is 5.12. The average Bonchev–Trinajstić information content (AvgIpc) is 3.07. The van der Waals surface area contributed by atoms with Gasteiger partial charge >= 0.3 is 0 Å². The standard InChI is InChI=1S/C45H86N2/c1-4-7-9-11-13-15-17-19-21-23-25-27-29-31-33-35-37-40-43-42-44(47-45(46-43)39-6-3)41-38-36-34-32-30-28-26-24-22-20-18-16-14-12-10-8-5-2/h42H,4-41H2,1-3H3. The summed E-state index contributed by atoms with van der Waals surface area (Å²) in [5.41, 5.74) is 2.62. The zero-order valence-corrected chi connectivity index (χ0v) is 32.8. The van der Waals surface area contributed by atoms with E-state index in [0.29, 0.717) is 0 Å². The third-order valence-electron chi connectivity index (χ3n) is 10.4. The summed E-state index contributed by atoms with van der Waals surface area (Å²) >= 11 is 0. The van der Waals surface area contributed by atoms with Crippen LogP contribution in [0.5, 0.6) is 0 Å². The highest BCUT2D eigenvalue weighted by Crippen LogP contribution is 2.17. The van der Waals surface area contributed by atoms with Gasteiger partial charge in [-0.3, -0.25) is 0 Å². The molecule has 0 saturated heterocycles. The van der Waals surface area contributed by atoms with Crippen LogP contribution in [-0.4, -0.2) is 9.97 Å². The molecule has 276 valence electrons. The summed E-state index contributed by atoms with van der Waals surface area (Å²) in [6, 6.07) is 2.35. The first kappa shape index (κ1) is 44.1. The summed E-state index contributed by atoms with van der Waals surface area (Å²) in [6.45, 7) is 6.87. The zero-order valence-electron chi connectivity index (χ0n) is 32.8. The van der Waals surface area contributed by atoms with Crippen molar-refractivity contribution in [3.8, 4) is 0 Å². The molecule has 0 atom stereocenters. The highest BCUT2D eigenvalue weighted by atomic mass is 14.9. The van der Waals surface area contributed by atoms with Gasteiger partial charge in [-0.25, -0.2) is 9.97 Å². The van der Waals surface area contributed by atoms with Gasteiger partial charge in [0.25, 0.3) is 0 Å². The molecule has 0 fully saturated rings. The molecule has 0 spiro atoms. The molecule has 0 aromatic carbocycles. The second-order valence-corrected chi connectivity index (χ2v) is 15.3. The second-order valence-electron chi connectivity index (χ2n) is 15.3. The molecule has 0 bridgehead atoms. The van der Waals surface area contributed by atoms with Crippen molar-refractivity contribution < 1.29 is 0 Å². The molecule has 1 aromatic heterocycles. The fourth-order valence-corrected chi connectivity index (χ4v) is 7.27. The maximum absolute atomic E-state index is 4.95. The lowest BCUT2D eigenvalue weighted by Crippen LogP contribution is -2.04. The first-order valence-electron chi connectivity index (χ1n) is 22.2. The van der Waals surface area contributed by atoms with Crippen LogP contribution < -0.4 is 0 Å². The van der Waals surface area contributed by atoms with Gasteiger partial charge in [0.15, 0.2) is 0 Å². The summed E-state index contributed by atoms with van der Waals surface area (Å²) in [4.78, 5) is 9.90. The van der Waals surface area contributed by atoms with Crippen molar-refractivity contribution in [2.45, 2.75) is 265 Å². The monoisotopic (exact) mass is 655 g/mol. The minimum Gasteiger partial charge on any atom is -0.238 e. The third-order valence-corrected chi connectivity index (χ3v) is 10.4. The first-order chi connectivity index (χ1) is 23.3. The Morgan fingerprint density at radius 1 is 0.277 bits per heavy atom. The van der Waals surface area contributed by atoms with Gasteiger partial charge in [0, 0.05) is 17.8 Å². The Labute approximate surface area is 297 Å². The van der Waals surface area contributed by atoms with E-state index >= 15 is 0 Å². The second kappa shape index (κ2) is 36.4. The van der Waals surface area contributed by atoms with E-state index < -0.39 is 0 Å². The molecule has 0 aliphatic rings. The molecular weight excluding hydrogens is 569 g/mol. The molecule has 1 heterocycles. The minimum atomic E-state index is 1.03. The molecule has 2 heteroatoms. The maximum atomic E-state index is 4.95. The van der Waals surface area contributed by atoms with Crippen LogP contribution >= 0.6 is 0 Å². The van der Waals surface area contributed by atoms with Crippen LogP contribution in [0.25, 0.3) is 0 Å². The van der Waals surface area contributed by atoms with Crippen molar-refractivity contribution in [2.75, 3.05) is 0 Å². The van der Waals surface area contributed by atoms with Crippen LogP contribution in [-0.2, 0) is 19.3 Å². The molecule has 0 saturated carbocycles. The summed E-state index contributed by atoms with van der Waals surface area (Å²) in [6.07, 6.45) is 53.2. The molecule has 0 unspecified atom stereocenters. The Hall–Kier alpha value is -0.920. The van der Waals surface area contributed by atoms with Crippen molar-refractivity contribution in [3.05, 3.63) is 23.3 Å². The van der Waals surface area contributed by atoms with Gasteiger partial charge in [0.05, 0.1) is 0 Å². The van der Waals surface area contributed by atoms with Crippen LogP contribution in [0, 0.1) is 0 Å². The fraction of sp³-hybridized carbons (Fsp3) is 0.911. The van der Waals surface area contributed by atoms with E-state index in [9.17, 15) is 0 Å². The molecule has 1 aromatic rings. The van der Waals surface area contributed by atoms with Gasteiger partial charge in [-0.05, 0) is 38.2 Å². The Morgan fingerprint density at radius 2 is 0.511 bits per heavy atom. The van der Waals surface area contributed by atoms with E-state index in [1.807, 2.05) is 0 Å². The van der Waals surface area contributed by atoms with E-state index in [0.717, 1.165) is 31.5 Å². The quantitative estimate of drug-likeness (QED) is 0.0663. The summed E-state index contributed by atoms with van der Waals surface area (Å²) in [7, 11) is 0. The van der Waals surface area contributed by atoms with Crippen molar-refractivity contribution in [3.63, 3.8) is 0 Å². The number of unbranched alkanes of at least 4 members (excludes halogenated alkanes) is 32. The molecule has 0 aliphatic carbocycles. The third kappa shape index (κ3) is 30.8. The number of hydrogen-bond acceptors (Lipinski definition) is 2. The Morgan fingerprint density at radius 3 is 0.745 bits per heavy atom. The maximum Gasteiger partial charge on any atom is 0.128 e. The Balaban J connectivity index is 2.00. The van der Waals surface area contributed by atoms with Crippen LogP contribution in [0.4, 0.5) is 0 Å². The van der Waals surface area contributed by atoms with Gasteiger partial charge in [-0.15, -0.1) is 0 Å². The SMILES string of the molecule is CCCCCCCCCCCCCCCCCCCc1cc(CCCCCCCCCCCCCCCCCCC)nc(CCC)n1. The molecule has 2 nitrogen and oxygen atoms in total. The average molecular weight is 655 g/mol. The summed E-state index contributed by atoms with van der Waals surface area (Å²) < 4.78 is 0. The van der Waals surface area contributed by atoms with Crippen LogP contribution in [0.2, 0.25) is 0 Å². The van der Waals surface area contributed by atoms with E-state index in [1.54, 1.807) is 0 Å². The highest BCUT2D eigenvalue weighted by Gasteiger charge is 2.06. The molecule has 1 rings (SSSR count). The number of hydrogen-bond donors (Lipinski definition) is 0. The van der Waals surface area contributed by atoms with Gasteiger partial charge in [-0.1, -0.05) is 226 Å². The van der Waals surface area contributed by atoms with Gasteiger partial charge < -0.3 is 0 Å². The van der Waals surface area contributed by atoms with Crippen LogP contribution in [0.3, 0.4) is 0 Å². The van der Waals surface area contributed by atoms with Gasteiger partial charge in [0.1, 0.15) is 5.82 Å². The van der Waals surface area contributed by atoms with E-state index in [2.05, 4.69) is 26.8 Å². The fourth-order valence-electron chi connectivity index (χ4n) is 7.27. The predicted octanol–water partition coefficient (Wildman–Crippen LogP) is 15.8. The summed E-state index contributed by atoms with van der Waals surface area (Å²) in [5, 5.41) is 0. The lowest BCUT2D eigenvalue weighted by Gasteiger charge is -2.09. The van der Waals surface area contributed by atoms with Crippen molar-refractivity contribution in [1.29, 1.82) is 0 Å². The summed E-state index contributed by atoms with van der Waals surface area (Å²) in [5.74, 6) is 1.10. The lowest BCUT2D eigenvalue weighted by atomic mass is 10.0. The van der Waals surface area contributed by atoms with E-state index in [4.69, 9.17) is 9.97 Å². The normalized spacial score (nSPS) is 11.6. The van der Waals surface area contributed by atoms with E-state index in [-0.39, 0.29) is 0 Å². The predicted molar refractivity (Wildman–Crippen MR) is 212 cm³/mol. The van der Waals surface area contributed by atoms with Crippen LogP contribution in [0.15, 0.2) is 6.07 Å². The molecular formula is C45H86N2. The van der Waals surface area contributed by atoms with E-state index in [1.165, 1.54) is 230 Å². The molecule has 0 N–H and O–H groups in total. The lowest BCUT2D eigenvalue weighted by molar-refractivity contribution is 0.526. The number of rotatable bonds is 38.